The molecule has 0 unspecified atom stereocenters. The van der Waals surface area contributed by atoms with Gasteiger partial charge in [-0.05, 0) is 77.0 Å². The van der Waals surface area contributed by atoms with Crippen LogP contribution in [0.3, 0.4) is 0 Å². The number of anilines is 2. The molecule has 1 saturated carbocycles. The maximum absolute atomic E-state index is 13.0. The molecule has 2 amide bonds. The van der Waals surface area contributed by atoms with E-state index in [1.165, 1.54) is 0 Å². The number of carbonyl (C=O) groups excluding carboxylic acids is 2. The number of nitrogens with two attached hydrogens (primary N) is 1. The maximum atomic E-state index is 13.0. The molecule has 2 aliphatic rings. The van der Waals surface area contributed by atoms with E-state index < -0.39 is 17.6 Å². The van der Waals surface area contributed by atoms with Crippen LogP contribution in [-0.2, 0) is 9.59 Å². The van der Waals surface area contributed by atoms with Crippen LogP contribution in [0.2, 0.25) is 0 Å². The van der Waals surface area contributed by atoms with Crippen molar-refractivity contribution in [3.05, 3.63) is 29.7 Å². The Morgan fingerprint density at radius 1 is 1.28 bits per heavy atom. The fourth-order valence-electron chi connectivity index (χ4n) is 4.95. The standard InChI is InChI=1S/C24H32N4O4/c1-14-22(15(2)32-27-14)16-7-8-18(26-17-9-11-24(3,31)12-10-17)20(13-16)28-19(23(25)30)5-4-6-21(28)29/h7-8,13,17,19,26,31H,4-6,9-12H2,1-3H3,(H2,25,30)/t17?,19-,24?/m0/s1. The zero-order chi connectivity index (χ0) is 23.0. The first-order valence-corrected chi connectivity index (χ1v) is 11.3. The van der Waals surface area contributed by atoms with Crippen LogP contribution < -0.4 is 16.0 Å². The number of piperidine rings is 1. The van der Waals surface area contributed by atoms with Crippen molar-refractivity contribution >= 4 is 23.2 Å². The van der Waals surface area contributed by atoms with Gasteiger partial charge in [0, 0.05) is 18.0 Å². The van der Waals surface area contributed by atoms with Gasteiger partial charge in [-0.25, -0.2) is 0 Å². The van der Waals surface area contributed by atoms with E-state index in [0.29, 0.717) is 43.6 Å². The summed E-state index contributed by atoms with van der Waals surface area (Å²) in [4.78, 5) is 26.8. The molecular weight excluding hydrogens is 408 g/mol. The molecule has 2 fully saturated rings. The molecule has 0 bridgehead atoms. The molecule has 172 valence electrons. The summed E-state index contributed by atoms with van der Waals surface area (Å²) < 4.78 is 5.34. The van der Waals surface area contributed by atoms with Crippen molar-refractivity contribution in [1.29, 1.82) is 0 Å². The molecule has 1 aromatic heterocycles. The van der Waals surface area contributed by atoms with Gasteiger partial charge in [-0.15, -0.1) is 0 Å². The third kappa shape index (κ3) is 4.37. The van der Waals surface area contributed by atoms with Crippen LogP contribution in [0.5, 0.6) is 0 Å². The highest BCUT2D eigenvalue weighted by molar-refractivity contribution is 6.04. The van der Waals surface area contributed by atoms with E-state index in [4.69, 9.17) is 10.3 Å². The minimum Gasteiger partial charge on any atom is -0.390 e. The van der Waals surface area contributed by atoms with Crippen molar-refractivity contribution in [1.82, 2.24) is 5.16 Å². The highest BCUT2D eigenvalue weighted by Crippen LogP contribution is 2.39. The highest BCUT2D eigenvalue weighted by Gasteiger charge is 2.35. The van der Waals surface area contributed by atoms with Crippen molar-refractivity contribution in [3.63, 3.8) is 0 Å². The summed E-state index contributed by atoms with van der Waals surface area (Å²) in [5.41, 5.74) is 9.01. The lowest BCUT2D eigenvalue weighted by Gasteiger charge is -2.37. The lowest BCUT2D eigenvalue weighted by Crippen LogP contribution is -2.51. The van der Waals surface area contributed by atoms with Gasteiger partial charge in [-0.3, -0.25) is 14.5 Å². The number of rotatable bonds is 5. The molecule has 1 saturated heterocycles. The number of aryl methyl sites for hydroxylation is 2. The summed E-state index contributed by atoms with van der Waals surface area (Å²) in [7, 11) is 0. The minimum atomic E-state index is -0.677. The van der Waals surface area contributed by atoms with Crippen molar-refractivity contribution < 1.29 is 19.2 Å². The fourth-order valence-corrected chi connectivity index (χ4v) is 4.95. The quantitative estimate of drug-likeness (QED) is 0.655. The number of primary amides is 1. The molecule has 8 heteroatoms. The molecule has 4 rings (SSSR count). The number of aliphatic hydroxyl groups is 1. The summed E-state index contributed by atoms with van der Waals surface area (Å²) in [6.07, 6.45) is 4.64. The highest BCUT2D eigenvalue weighted by atomic mass is 16.5. The molecule has 1 aliphatic heterocycles. The van der Waals surface area contributed by atoms with E-state index in [9.17, 15) is 14.7 Å². The normalized spacial score (nSPS) is 26.2. The molecular formula is C24H32N4O4. The lowest BCUT2D eigenvalue weighted by atomic mass is 9.83. The van der Waals surface area contributed by atoms with Gasteiger partial charge >= 0.3 is 0 Å². The van der Waals surface area contributed by atoms with Crippen molar-refractivity contribution in [2.45, 2.75) is 83.4 Å². The van der Waals surface area contributed by atoms with Crippen molar-refractivity contribution in [2.24, 2.45) is 5.73 Å². The smallest absolute Gasteiger partial charge is 0.240 e. The van der Waals surface area contributed by atoms with Gasteiger partial charge in [0.1, 0.15) is 11.8 Å². The van der Waals surface area contributed by atoms with E-state index in [1.807, 2.05) is 39.0 Å². The SMILES string of the molecule is Cc1noc(C)c1-c1ccc(NC2CCC(C)(O)CC2)c(N2C(=O)CCC[C@H]2C(N)=O)c1. The number of benzene rings is 1. The second-order valence-electron chi connectivity index (χ2n) is 9.42. The number of aromatic nitrogens is 1. The number of hydrogen-bond donors (Lipinski definition) is 3. The predicted octanol–water partition coefficient (Wildman–Crippen LogP) is 3.43. The number of amides is 2. The van der Waals surface area contributed by atoms with Gasteiger partial charge in [0.25, 0.3) is 0 Å². The summed E-state index contributed by atoms with van der Waals surface area (Å²) in [6, 6.07) is 5.34. The largest absolute Gasteiger partial charge is 0.390 e. The molecule has 32 heavy (non-hydrogen) atoms. The zero-order valence-corrected chi connectivity index (χ0v) is 19.0. The van der Waals surface area contributed by atoms with Crippen LogP contribution in [0.1, 0.15) is 63.3 Å². The Hall–Kier alpha value is -2.87. The number of carbonyl (C=O) groups is 2. The fraction of sp³-hybridized carbons (Fsp3) is 0.542. The average Bonchev–Trinajstić information content (AvgIpc) is 3.08. The first-order valence-electron chi connectivity index (χ1n) is 11.3. The van der Waals surface area contributed by atoms with Gasteiger partial charge in [-0.2, -0.15) is 0 Å². The van der Waals surface area contributed by atoms with Crippen LogP contribution in [0.4, 0.5) is 11.4 Å². The first kappa shape index (κ1) is 22.3. The molecule has 0 radical (unpaired) electrons. The van der Waals surface area contributed by atoms with Crippen LogP contribution in [0.15, 0.2) is 22.7 Å². The molecule has 4 N–H and O–H groups in total. The lowest BCUT2D eigenvalue weighted by molar-refractivity contribution is -0.126. The van der Waals surface area contributed by atoms with Gasteiger partial charge in [0.15, 0.2) is 0 Å². The van der Waals surface area contributed by atoms with E-state index in [1.54, 1.807) is 4.90 Å². The molecule has 1 aromatic carbocycles. The Kier molecular flexibility index (Phi) is 5.99. The van der Waals surface area contributed by atoms with Crippen molar-refractivity contribution in [3.8, 4) is 11.1 Å². The second kappa shape index (κ2) is 8.58. The minimum absolute atomic E-state index is 0.106. The number of nitrogens with zero attached hydrogens (tertiary/aromatic N) is 2. The van der Waals surface area contributed by atoms with Crippen molar-refractivity contribution in [2.75, 3.05) is 10.2 Å². The molecule has 1 atom stereocenters. The maximum Gasteiger partial charge on any atom is 0.240 e. The van der Waals surface area contributed by atoms with Crippen LogP contribution in [0, 0.1) is 13.8 Å². The Morgan fingerprint density at radius 2 is 2.00 bits per heavy atom. The van der Waals surface area contributed by atoms with E-state index in [0.717, 1.165) is 35.3 Å². The van der Waals surface area contributed by atoms with E-state index in [-0.39, 0.29) is 11.9 Å². The van der Waals surface area contributed by atoms with Gasteiger partial charge in [-0.1, -0.05) is 11.2 Å². The summed E-state index contributed by atoms with van der Waals surface area (Å²) in [5.74, 6) is 0.0890. The Morgan fingerprint density at radius 3 is 2.62 bits per heavy atom. The molecule has 0 spiro atoms. The summed E-state index contributed by atoms with van der Waals surface area (Å²) in [6.45, 7) is 5.61. The third-order valence-electron chi connectivity index (χ3n) is 6.78. The van der Waals surface area contributed by atoms with Crippen LogP contribution >= 0.6 is 0 Å². The second-order valence-corrected chi connectivity index (χ2v) is 9.42. The van der Waals surface area contributed by atoms with Crippen LogP contribution in [0.25, 0.3) is 11.1 Å². The molecule has 2 heterocycles. The summed E-state index contributed by atoms with van der Waals surface area (Å²) >= 11 is 0. The Balaban J connectivity index is 1.75. The molecule has 8 nitrogen and oxygen atoms in total. The molecule has 1 aliphatic carbocycles. The van der Waals surface area contributed by atoms with Gasteiger partial charge in [0.2, 0.25) is 11.8 Å². The van der Waals surface area contributed by atoms with E-state index in [2.05, 4.69) is 10.5 Å². The molecule has 2 aromatic rings. The monoisotopic (exact) mass is 440 g/mol. The average molecular weight is 441 g/mol. The number of hydrogen-bond acceptors (Lipinski definition) is 6. The Bertz CT molecular complexity index is 1000. The zero-order valence-electron chi connectivity index (χ0n) is 19.0. The topological polar surface area (TPSA) is 122 Å². The van der Waals surface area contributed by atoms with Gasteiger partial charge < -0.3 is 20.7 Å². The van der Waals surface area contributed by atoms with Crippen LogP contribution in [-0.4, -0.2) is 39.8 Å². The number of nitrogens with one attached hydrogen (secondary N) is 1. The van der Waals surface area contributed by atoms with Gasteiger partial charge in [0.05, 0.1) is 22.7 Å². The first-order chi connectivity index (χ1) is 15.2. The summed E-state index contributed by atoms with van der Waals surface area (Å²) in [5, 5.41) is 17.9. The van der Waals surface area contributed by atoms with E-state index >= 15 is 0 Å². The third-order valence-corrected chi connectivity index (χ3v) is 6.78. The predicted molar refractivity (Wildman–Crippen MR) is 122 cm³/mol. The Labute approximate surface area is 188 Å².